The topological polar surface area (TPSA) is 51.2 Å². The second-order valence-electron chi connectivity index (χ2n) is 5.41. The van der Waals surface area contributed by atoms with Gasteiger partial charge in [-0.15, -0.1) is 0 Å². The number of rotatable bonds is 1. The number of carbonyl (C=O) groups excluding carboxylic acids is 3. The Morgan fingerprint density at radius 2 is 1.57 bits per heavy atom. The Bertz CT molecular complexity index is 242. The van der Waals surface area contributed by atoms with Gasteiger partial charge >= 0.3 is 6.15 Å². The molecule has 1 aliphatic carbocycles. The van der Waals surface area contributed by atoms with Crippen molar-refractivity contribution in [1.29, 1.82) is 0 Å². The van der Waals surface area contributed by atoms with Gasteiger partial charge in [0.1, 0.15) is 6.29 Å². The van der Waals surface area contributed by atoms with Crippen LogP contribution in [0.25, 0.3) is 0 Å². The maximum atomic E-state index is 10.6. The molecule has 1 aliphatic rings. The van der Waals surface area contributed by atoms with E-state index in [2.05, 4.69) is 34.6 Å². The number of aldehydes is 1. The van der Waals surface area contributed by atoms with Gasteiger partial charge < -0.3 is 4.79 Å². The van der Waals surface area contributed by atoms with Crippen LogP contribution in [-0.4, -0.2) is 12.4 Å². The van der Waals surface area contributed by atoms with Crippen molar-refractivity contribution in [1.82, 2.24) is 0 Å². The Morgan fingerprint density at radius 3 is 1.64 bits per heavy atom. The second kappa shape index (κ2) is 4.05. The molecule has 0 N–H and O–H groups in total. The van der Waals surface area contributed by atoms with Gasteiger partial charge in [0.25, 0.3) is 0 Å². The smallest absolute Gasteiger partial charge is 0.303 e. The molecule has 1 saturated carbocycles. The van der Waals surface area contributed by atoms with Crippen LogP contribution in [0.4, 0.5) is 0 Å². The Kier molecular flexibility index (Phi) is 3.78. The van der Waals surface area contributed by atoms with Crippen molar-refractivity contribution in [3.63, 3.8) is 0 Å². The first kappa shape index (κ1) is 13.1. The van der Waals surface area contributed by atoms with E-state index in [1.807, 2.05) is 0 Å². The Morgan fingerprint density at radius 1 is 1.21 bits per heavy atom. The van der Waals surface area contributed by atoms with Crippen molar-refractivity contribution in [2.75, 3.05) is 0 Å². The van der Waals surface area contributed by atoms with Gasteiger partial charge in [0.2, 0.25) is 0 Å². The summed E-state index contributed by atoms with van der Waals surface area (Å²) in [6.45, 7) is 11.0. The molecular formula is C11H18O3. The molecule has 0 aromatic heterocycles. The molecule has 3 heteroatoms. The van der Waals surface area contributed by atoms with Crippen molar-refractivity contribution >= 4 is 12.4 Å². The van der Waals surface area contributed by atoms with Crippen LogP contribution < -0.4 is 0 Å². The fourth-order valence-electron chi connectivity index (χ4n) is 2.59. The van der Waals surface area contributed by atoms with E-state index in [1.165, 1.54) is 0 Å². The monoisotopic (exact) mass is 198 g/mol. The Hall–Kier alpha value is -0.950. The molecular weight excluding hydrogens is 180 g/mol. The van der Waals surface area contributed by atoms with Gasteiger partial charge in [0.05, 0.1) is 0 Å². The third-order valence-electron chi connectivity index (χ3n) is 2.99. The lowest BCUT2D eigenvalue weighted by Crippen LogP contribution is -2.12. The number of carbonyl (C=O) groups is 1. The van der Waals surface area contributed by atoms with Crippen molar-refractivity contribution in [3.8, 4) is 0 Å². The third-order valence-corrected chi connectivity index (χ3v) is 2.99. The molecule has 0 saturated heterocycles. The number of hydrogen-bond donors (Lipinski definition) is 0. The van der Waals surface area contributed by atoms with Crippen LogP contribution in [-0.2, 0) is 14.4 Å². The van der Waals surface area contributed by atoms with E-state index in [0.29, 0.717) is 11.8 Å². The van der Waals surface area contributed by atoms with Gasteiger partial charge in [-0.2, -0.15) is 9.59 Å². The maximum absolute atomic E-state index is 10.6. The van der Waals surface area contributed by atoms with Gasteiger partial charge in [-0.05, 0) is 16.7 Å². The molecule has 0 amide bonds. The minimum atomic E-state index is 0.250. The van der Waals surface area contributed by atoms with Crippen LogP contribution in [0.15, 0.2) is 0 Å². The first-order valence-corrected chi connectivity index (χ1v) is 4.68. The van der Waals surface area contributed by atoms with Crippen LogP contribution in [0, 0.1) is 22.7 Å². The summed E-state index contributed by atoms with van der Waals surface area (Å²) >= 11 is 0. The zero-order chi connectivity index (χ0) is 11.6. The predicted molar refractivity (Wildman–Crippen MR) is 51.3 cm³/mol. The van der Waals surface area contributed by atoms with E-state index in [0.717, 1.165) is 6.29 Å². The summed E-state index contributed by atoms with van der Waals surface area (Å²) in [5, 5.41) is 0. The molecule has 0 aliphatic heterocycles. The van der Waals surface area contributed by atoms with E-state index in [9.17, 15) is 4.79 Å². The summed E-state index contributed by atoms with van der Waals surface area (Å²) in [7, 11) is 0. The zero-order valence-corrected chi connectivity index (χ0v) is 9.46. The molecule has 0 aromatic rings. The van der Waals surface area contributed by atoms with E-state index < -0.39 is 0 Å². The zero-order valence-electron chi connectivity index (χ0n) is 9.46. The van der Waals surface area contributed by atoms with Crippen LogP contribution in [0.1, 0.15) is 34.6 Å². The summed E-state index contributed by atoms with van der Waals surface area (Å²) in [6.07, 6.45) is 1.37. The molecule has 3 nitrogen and oxygen atoms in total. The lowest BCUT2D eigenvalue weighted by Gasteiger charge is -2.19. The molecule has 0 heterocycles. The summed E-state index contributed by atoms with van der Waals surface area (Å²) in [4.78, 5) is 26.9. The maximum Gasteiger partial charge on any atom is 0.373 e. The fraction of sp³-hybridized carbons (Fsp3) is 0.818. The van der Waals surface area contributed by atoms with Gasteiger partial charge in [-0.25, -0.2) is 0 Å². The van der Waals surface area contributed by atoms with Crippen LogP contribution in [0.2, 0.25) is 0 Å². The lowest BCUT2D eigenvalue weighted by molar-refractivity contribution is -0.191. The minimum Gasteiger partial charge on any atom is -0.303 e. The highest BCUT2D eigenvalue weighted by molar-refractivity contribution is 5.61. The van der Waals surface area contributed by atoms with Crippen molar-refractivity contribution < 1.29 is 14.4 Å². The van der Waals surface area contributed by atoms with Gasteiger partial charge in [0, 0.05) is 5.92 Å². The second-order valence-corrected chi connectivity index (χ2v) is 5.41. The first-order valence-electron chi connectivity index (χ1n) is 4.68. The Labute approximate surface area is 84.9 Å². The molecule has 2 atom stereocenters. The van der Waals surface area contributed by atoms with E-state index in [4.69, 9.17) is 9.59 Å². The Balaban J connectivity index is 0.000000500. The highest BCUT2D eigenvalue weighted by atomic mass is 16.2. The van der Waals surface area contributed by atoms with Crippen molar-refractivity contribution in [3.05, 3.63) is 0 Å². The van der Waals surface area contributed by atoms with Crippen LogP contribution in [0.5, 0.6) is 0 Å². The highest BCUT2D eigenvalue weighted by Gasteiger charge is 2.62. The average molecular weight is 198 g/mol. The quantitative estimate of drug-likeness (QED) is 0.605. The van der Waals surface area contributed by atoms with Crippen LogP contribution >= 0.6 is 0 Å². The van der Waals surface area contributed by atoms with Crippen LogP contribution in [0.3, 0.4) is 0 Å². The van der Waals surface area contributed by atoms with Gasteiger partial charge in [0.15, 0.2) is 0 Å². The molecule has 0 bridgehead atoms. The predicted octanol–water partition coefficient (Wildman–Crippen LogP) is 1.92. The first-order chi connectivity index (χ1) is 6.23. The molecule has 80 valence electrons. The molecule has 0 radical (unpaired) electrons. The van der Waals surface area contributed by atoms with Gasteiger partial charge in [-0.1, -0.05) is 34.6 Å². The summed E-state index contributed by atoms with van der Waals surface area (Å²) in [6, 6.07) is 0. The van der Waals surface area contributed by atoms with E-state index in [1.54, 1.807) is 0 Å². The summed E-state index contributed by atoms with van der Waals surface area (Å²) in [5.41, 5.74) is 0.537. The largest absolute Gasteiger partial charge is 0.373 e. The summed E-state index contributed by atoms with van der Waals surface area (Å²) < 4.78 is 0. The van der Waals surface area contributed by atoms with Crippen molar-refractivity contribution in [2.45, 2.75) is 34.6 Å². The molecule has 0 spiro atoms. The lowest BCUT2D eigenvalue weighted by atomic mass is 9.86. The molecule has 1 fully saturated rings. The SMILES string of the molecule is CC(C)(C)C1C(C=O)C1(C)C.O=C=O. The highest BCUT2D eigenvalue weighted by Crippen LogP contribution is 2.64. The van der Waals surface area contributed by atoms with E-state index >= 15 is 0 Å². The molecule has 1 rings (SSSR count). The van der Waals surface area contributed by atoms with Gasteiger partial charge in [-0.3, -0.25) is 0 Å². The third kappa shape index (κ3) is 2.52. The average Bonchev–Trinajstić information content (AvgIpc) is 2.53. The minimum absolute atomic E-state index is 0.250. The molecule has 14 heavy (non-hydrogen) atoms. The summed E-state index contributed by atoms with van der Waals surface area (Å²) in [5.74, 6) is 0.870. The molecule has 2 unspecified atom stereocenters. The fourth-order valence-corrected chi connectivity index (χ4v) is 2.59. The number of hydrogen-bond acceptors (Lipinski definition) is 3. The normalized spacial score (nSPS) is 28.1. The molecule has 0 aromatic carbocycles. The van der Waals surface area contributed by atoms with Crippen molar-refractivity contribution in [2.24, 2.45) is 22.7 Å². The standard InChI is InChI=1S/C10H18O.CO2/c1-9(2,3)8-7(6-11)10(8,4)5;2-1-3/h6-8H,1-5H3;. The van der Waals surface area contributed by atoms with E-state index in [-0.39, 0.29) is 17.0 Å².